The summed E-state index contributed by atoms with van der Waals surface area (Å²) in [6, 6.07) is 4.20. The zero-order valence-corrected chi connectivity index (χ0v) is 14.1. The highest BCUT2D eigenvalue weighted by Crippen LogP contribution is 2.24. The monoisotopic (exact) mass is 389 g/mol. The quantitative estimate of drug-likeness (QED) is 0.728. The predicted molar refractivity (Wildman–Crippen MR) is 80.9 cm³/mol. The first-order valence-corrected chi connectivity index (χ1v) is 8.60. The van der Waals surface area contributed by atoms with E-state index >= 15 is 0 Å². The molecule has 0 saturated heterocycles. The predicted octanol–water partition coefficient (Wildman–Crippen LogP) is 3.07. The minimum Gasteiger partial charge on any atom is -0.384 e. The molecule has 1 rings (SSSR count). The third-order valence-corrected chi connectivity index (χ3v) is 5.22. The third-order valence-electron chi connectivity index (χ3n) is 2.30. The van der Waals surface area contributed by atoms with Crippen LogP contribution in [-0.2, 0) is 14.8 Å². The van der Waals surface area contributed by atoms with E-state index in [0.29, 0.717) is 24.6 Å². The van der Waals surface area contributed by atoms with Crippen LogP contribution in [-0.4, -0.2) is 33.5 Å². The maximum Gasteiger partial charge on any atom is 0.240 e. The van der Waals surface area contributed by atoms with Gasteiger partial charge in [-0.1, -0.05) is 39.1 Å². The van der Waals surface area contributed by atoms with Gasteiger partial charge in [0.2, 0.25) is 10.0 Å². The lowest BCUT2D eigenvalue weighted by atomic mass is 10.3. The fourth-order valence-electron chi connectivity index (χ4n) is 1.34. The van der Waals surface area contributed by atoms with Crippen LogP contribution >= 0.6 is 39.1 Å². The van der Waals surface area contributed by atoms with E-state index in [1.165, 1.54) is 18.2 Å². The normalized spacial score (nSPS) is 13.5. The van der Waals surface area contributed by atoms with Gasteiger partial charge in [-0.25, -0.2) is 13.1 Å². The summed E-state index contributed by atoms with van der Waals surface area (Å²) in [6.07, 6.45) is 0.619. The number of hydrogen-bond acceptors (Lipinski definition) is 3. The van der Waals surface area contributed by atoms with Crippen molar-refractivity contribution in [2.45, 2.75) is 16.1 Å². The van der Waals surface area contributed by atoms with Crippen LogP contribution in [0.25, 0.3) is 0 Å². The zero-order chi connectivity index (χ0) is 14.5. The topological polar surface area (TPSA) is 55.4 Å². The molecule has 0 aliphatic heterocycles. The number of benzene rings is 1. The van der Waals surface area contributed by atoms with Crippen LogP contribution in [0.2, 0.25) is 10.0 Å². The van der Waals surface area contributed by atoms with E-state index in [0.717, 1.165) is 0 Å². The maximum atomic E-state index is 12.0. The van der Waals surface area contributed by atoms with Gasteiger partial charge >= 0.3 is 0 Å². The van der Waals surface area contributed by atoms with Crippen molar-refractivity contribution in [1.29, 1.82) is 0 Å². The van der Waals surface area contributed by atoms with E-state index in [1.54, 1.807) is 7.11 Å². The Bertz CT molecular complexity index is 525. The van der Waals surface area contributed by atoms with Crippen LogP contribution in [0.15, 0.2) is 23.1 Å². The Kier molecular flexibility index (Phi) is 7.07. The summed E-state index contributed by atoms with van der Waals surface area (Å²) in [5.41, 5.74) is 0. The molecule has 0 saturated carbocycles. The largest absolute Gasteiger partial charge is 0.384 e. The highest BCUT2D eigenvalue weighted by atomic mass is 79.9. The fourth-order valence-corrected chi connectivity index (χ4v) is 3.27. The second-order valence-electron chi connectivity index (χ2n) is 3.81. The highest BCUT2D eigenvalue weighted by Gasteiger charge is 2.15. The van der Waals surface area contributed by atoms with Crippen LogP contribution in [0.4, 0.5) is 0 Å². The minimum atomic E-state index is -3.56. The van der Waals surface area contributed by atoms with Gasteiger partial charge in [0.1, 0.15) is 0 Å². The molecule has 19 heavy (non-hydrogen) atoms. The Balaban J connectivity index is 2.63. The molecule has 0 amide bonds. The summed E-state index contributed by atoms with van der Waals surface area (Å²) in [6.45, 7) is 0.830. The molecule has 4 nitrogen and oxygen atoms in total. The van der Waals surface area contributed by atoms with E-state index in [4.69, 9.17) is 27.9 Å². The molecule has 1 unspecified atom stereocenters. The van der Waals surface area contributed by atoms with Crippen molar-refractivity contribution in [3.8, 4) is 0 Å². The molecule has 1 atom stereocenters. The van der Waals surface area contributed by atoms with Gasteiger partial charge in [0, 0.05) is 18.5 Å². The summed E-state index contributed by atoms with van der Waals surface area (Å²) < 4.78 is 31.4. The summed E-state index contributed by atoms with van der Waals surface area (Å²) in [7, 11) is -1.97. The molecule has 0 spiro atoms. The van der Waals surface area contributed by atoms with Crippen LogP contribution in [0.3, 0.4) is 0 Å². The van der Waals surface area contributed by atoms with E-state index in [2.05, 4.69) is 20.7 Å². The molecule has 0 aliphatic rings. The van der Waals surface area contributed by atoms with Crippen LogP contribution in [0, 0.1) is 0 Å². The van der Waals surface area contributed by atoms with Gasteiger partial charge in [-0.05, 0) is 24.6 Å². The summed E-state index contributed by atoms with van der Waals surface area (Å²) in [5.74, 6) is 0. The van der Waals surface area contributed by atoms with Crippen molar-refractivity contribution in [3.05, 3.63) is 28.2 Å². The van der Waals surface area contributed by atoms with Crippen molar-refractivity contribution in [1.82, 2.24) is 4.72 Å². The van der Waals surface area contributed by atoms with Gasteiger partial charge in [0.15, 0.2) is 0 Å². The molecular formula is C11H14BrCl2NO3S. The lowest BCUT2D eigenvalue weighted by Crippen LogP contribution is -2.27. The van der Waals surface area contributed by atoms with Crippen molar-refractivity contribution in [3.63, 3.8) is 0 Å². The van der Waals surface area contributed by atoms with Gasteiger partial charge in [0.05, 0.1) is 21.5 Å². The van der Waals surface area contributed by atoms with Crippen LogP contribution in [0.5, 0.6) is 0 Å². The lowest BCUT2D eigenvalue weighted by molar-refractivity contribution is 0.199. The molecule has 0 radical (unpaired) electrons. The molecule has 0 fully saturated rings. The smallest absolute Gasteiger partial charge is 0.240 e. The SMILES string of the molecule is COCC(Br)CCNS(=O)(=O)c1ccc(Cl)c(Cl)c1. The number of nitrogens with one attached hydrogen (secondary N) is 1. The second kappa shape index (κ2) is 7.81. The van der Waals surface area contributed by atoms with Crippen LogP contribution < -0.4 is 4.72 Å². The molecule has 1 N–H and O–H groups in total. The minimum absolute atomic E-state index is 0.0970. The summed E-state index contributed by atoms with van der Waals surface area (Å²) in [4.78, 5) is 0.203. The first kappa shape index (κ1) is 17.2. The standard InChI is InChI=1S/C11H14BrCl2NO3S/c1-18-7-8(12)4-5-15-19(16,17)9-2-3-10(13)11(14)6-9/h2-3,6,8,15H,4-5,7H2,1H3. The van der Waals surface area contributed by atoms with Crippen molar-refractivity contribution in [2.75, 3.05) is 20.3 Å². The Hall–Kier alpha value is 0.150. The number of methoxy groups -OCH3 is 1. The summed E-state index contributed by atoms with van der Waals surface area (Å²) >= 11 is 14.9. The van der Waals surface area contributed by atoms with E-state index in [-0.39, 0.29) is 14.7 Å². The van der Waals surface area contributed by atoms with Gasteiger partial charge in [-0.3, -0.25) is 0 Å². The Morgan fingerprint density at radius 3 is 2.63 bits per heavy atom. The molecule has 1 aromatic rings. The zero-order valence-electron chi connectivity index (χ0n) is 10.2. The van der Waals surface area contributed by atoms with E-state index in [9.17, 15) is 8.42 Å². The molecular weight excluding hydrogens is 377 g/mol. The maximum absolute atomic E-state index is 12.0. The Morgan fingerprint density at radius 1 is 1.37 bits per heavy atom. The number of halogens is 3. The molecule has 108 valence electrons. The Morgan fingerprint density at radius 2 is 2.05 bits per heavy atom. The number of rotatable bonds is 7. The van der Waals surface area contributed by atoms with Gasteiger partial charge in [-0.2, -0.15) is 0 Å². The Labute approximate surface area is 131 Å². The molecule has 1 aromatic carbocycles. The molecule has 0 aliphatic carbocycles. The highest BCUT2D eigenvalue weighted by molar-refractivity contribution is 9.09. The van der Waals surface area contributed by atoms with Crippen LogP contribution in [0.1, 0.15) is 6.42 Å². The second-order valence-corrected chi connectivity index (χ2v) is 7.69. The number of sulfonamides is 1. The van der Waals surface area contributed by atoms with Gasteiger partial charge in [-0.15, -0.1) is 0 Å². The average molecular weight is 391 g/mol. The third kappa shape index (κ3) is 5.57. The average Bonchev–Trinajstić information content (AvgIpc) is 2.32. The number of hydrogen-bond donors (Lipinski definition) is 1. The van der Waals surface area contributed by atoms with Gasteiger partial charge < -0.3 is 4.74 Å². The fraction of sp³-hybridized carbons (Fsp3) is 0.455. The van der Waals surface area contributed by atoms with Crippen molar-refractivity contribution < 1.29 is 13.2 Å². The molecule has 0 heterocycles. The molecule has 8 heteroatoms. The first-order chi connectivity index (χ1) is 8.86. The van der Waals surface area contributed by atoms with E-state index in [1.807, 2.05) is 0 Å². The van der Waals surface area contributed by atoms with Crippen molar-refractivity contribution in [2.24, 2.45) is 0 Å². The lowest BCUT2D eigenvalue weighted by Gasteiger charge is -2.10. The van der Waals surface area contributed by atoms with Gasteiger partial charge in [0.25, 0.3) is 0 Å². The number of alkyl halides is 1. The summed E-state index contributed by atoms with van der Waals surface area (Å²) in [5, 5.41) is 0.531. The first-order valence-electron chi connectivity index (χ1n) is 5.44. The van der Waals surface area contributed by atoms with E-state index < -0.39 is 10.0 Å². The molecule has 0 bridgehead atoms. The van der Waals surface area contributed by atoms with Crippen molar-refractivity contribution >= 4 is 49.2 Å². The number of ether oxygens (including phenoxy) is 1. The molecule has 0 aromatic heterocycles.